The SMILES string of the molecule is CCCCCCCCCCCCCCCCC/C=C/C(O)C(CO)NC(=O)CCCCCCCCCCCCCCCCCCCCCCOC(=O)CCCCCCCCCCCCCCC. The van der Waals surface area contributed by atoms with Crippen LogP contribution in [0.15, 0.2) is 12.2 Å². The molecule has 0 aromatic rings. The molecule has 0 aliphatic rings. The summed E-state index contributed by atoms with van der Waals surface area (Å²) in [6, 6.07) is -0.628. The lowest BCUT2D eigenvalue weighted by atomic mass is 10.0. The van der Waals surface area contributed by atoms with Crippen LogP contribution in [0.25, 0.3) is 0 Å². The lowest BCUT2D eigenvalue weighted by Crippen LogP contribution is -2.45. The highest BCUT2D eigenvalue weighted by molar-refractivity contribution is 5.76. The first kappa shape index (κ1) is 65.6. The van der Waals surface area contributed by atoms with Gasteiger partial charge in [-0.05, 0) is 32.1 Å². The van der Waals surface area contributed by atoms with E-state index in [2.05, 4.69) is 19.2 Å². The van der Waals surface area contributed by atoms with Crippen LogP contribution < -0.4 is 5.32 Å². The third-order valence-electron chi connectivity index (χ3n) is 14.3. The molecule has 398 valence electrons. The van der Waals surface area contributed by atoms with E-state index < -0.39 is 12.1 Å². The van der Waals surface area contributed by atoms with Crippen LogP contribution in [-0.2, 0) is 14.3 Å². The van der Waals surface area contributed by atoms with Gasteiger partial charge in [0, 0.05) is 12.8 Å². The molecule has 67 heavy (non-hydrogen) atoms. The minimum absolute atomic E-state index is 0.0121. The Morgan fingerprint density at radius 1 is 0.403 bits per heavy atom. The summed E-state index contributed by atoms with van der Waals surface area (Å²) in [5, 5.41) is 23.2. The number of ether oxygens (including phenoxy) is 1. The molecule has 0 heterocycles. The van der Waals surface area contributed by atoms with Gasteiger partial charge in [0.2, 0.25) is 5.91 Å². The van der Waals surface area contributed by atoms with Gasteiger partial charge in [0.1, 0.15) is 0 Å². The molecule has 3 N–H and O–H groups in total. The Hall–Kier alpha value is -1.40. The number of nitrogens with one attached hydrogen (secondary N) is 1. The fourth-order valence-electron chi connectivity index (χ4n) is 9.64. The predicted octanol–water partition coefficient (Wildman–Crippen LogP) is 18.9. The fraction of sp³-hybridized carbons (Fsp3) is 0.934. The summed E-state index contributed by atoms with van der Waals surface area (Å²) in [7, 11) is 0. The minimum Gasteiger partial charge on any atom is -0.466 e. The van der Waals surface area contributed by atoms with Crippen molar-refractivity contribution in [2.45, 2.75) is 353 Å². The van der Waals surface area contributed by atoms with E-state index in [1.54, 1.807) is 6.08 Å². The van der Waals surface area contributed by atoms with Crippen LogP contribution in [0.5, 0.6) is 0 Å². The van der Waals surface area contributed by atoms with Crippen molar-refractivity contribution in [1.82, 2.24) is 5.32 Å². The molecular formula is C61H119NO5. The average molecular weight is 947 g/mol. The Morgan fingerprint density at radius 2 is 0.687 bits per heavy atom. The van der Waals surface area contributed by atoms with E-state index in [9.17, 15) is 19.8 Å². The van der Waals surface area contributed by atoms with E-state index in [0.29, 0.717) is 19.4 Å². The number of esters is 1. The Labute approximate surface area is 419 Å². The van der Waals surface area contributed by atoms with Crippen molar-refractivity contribution in [2.75, 3.05) is 13.2 Å². The Bertz CT molecular complexity index is 1000. The van der Waals surface area contributed by atoms with Gasteiger partial charge in [-0.15, -0.1) is 0 Å². The number of carbonyl (C=O) groups is 2. The summed E-state index contributed by atoms with van der Waals surface area (Å²) in [5.74, 6) is -0.0549. The molecule has 0 radical (unpaired) electrons. The van der Waals surface area contributed by atoms with Gasteiger partial charge in [-0.25, -0.2) is 0 Å². The van der Waals surface area contributed by atoms with Crippen molar-refractivity contribution in [1.29, 1.82) is 0 Å². The standard InChI is InChI=1S/C61H119NO5/c1-3-5-7-9-11-13-15-17-18-23-26-30-33-37-41-45-49-53-59(64)58(57-63)62-60(65)54-50-46-42-38-34-31-27-24-21-19-20-22-25-28-32-36-40-44-48-52-56-67-61(66)55-51-47-43-39-35-29-16-14-12-10-8-6-4-2/h49,53,58-59,63-64H,3-48,50-52,54-57H2,1-2H3,(H,62,65)/b53-49+. The van der Waals surface area contributed by atoms with Crippen LogP contribution in [-0.4, -0.2) is 47.4 Å². The third kappa shape index (κ3) is 53.8. The normalized spacial score (nSPS) is 12.6. The Balaban J connectivity index is 3.41. The van der Waals surface area contributed by atoms with Gasteiger partial charge >= 0.3 is 5.97 Å². The second kappa shape index (κ2) is 57.2. The van der Waals surface area contributed by atoms with Crippen molar-refractivity contribution in [3.05, 3.63) is 12.2 Å². The highest BCUT2D eigenvalue weighted by atomic mass is 16.5. The number of allylic oxidation sites excluding steroid dienone is 1. The molecule has 0 aromatic carbocycles. The number of aliphatic hydroxyl groups is 2. The molecule has 0 saturated carbocycles. The monoisotopic (exact) mass is 946 g/mol. The minimum atomic E-state index is -0.845. The summed E-state index contributed by atoms with van der Waals surface area (Å²) in [6.07, 6.45) is 68.1. The van der Waals surface area contributed by atoms with Crippen molar-refractivity contribution in [2.24, 2.45) is 0 Å². The highest BCUT2D eigenvalue weighted by Crippen LogP contribution is 2.18. The molecule has 6 nitrogen and oxygen atoms in total. The number of amides is 1. The van der Waals surface area contributed by atoms with E-state index in [4.69, 9.17) is 4.74 Å². The van der Waals surface area contributed by atoms with Gasteiger partial charge < -0.3 is 20.3 Å². The first-order chi connectivity index (χ1) is 33.0. The number of rotatable bonds is 57. The van der Waals surface area contributed by atoms with Gasteiger partial charge in [0.05, 0.1) is 25.4 Å². The first-order valence-electron chi connectivity index (χ1n) is 30.5. The summed E-state index contributed by atoms with van der Waals surface area (Å²) >= 11 is 0. The molecule has 0 aliphatic heterocycles. The van der Waals surface area contributed by atoms with Crippen LogP contribution in [0.1, 0.15) is 341 Å². The van der Waals surface area contributed by atoms with Gasteiger partial charge in [-0.2, -0.15) is 0 Å². The van der Waals surface area contributed by atoms with Crippen molar-refractivity contribution >= 4 is 11.9 Å². The molecular weight excluding hydrogens is 827 g/mol. The molecule has 0 rings (SSSR count). The van der Waals surface area contributed by atoms with E-state index in [1.165, 1.54) is 276 Å². The summed E-state index contributed by atoms with van der Waals surface area (Å²) < 4.78 is 5.48. The Kier molecular flexibility index (Phi) is 56.0. The average Bonchev–Trinajstić information content (AvgIpc) is 3.33. The van der Waals surface area contributed by atoms with Crippen LogP contribution in [0.2, 0.25) is 0 Å². The quantitative estimate of drug-likeness (QED) is 0.0321. The second-order valence-electron chi connectivity index (χ2n) is 21.0. The van der Waals surface area contributed by atoms with Crippen LogP contribution in [0.4, 0.5) is 0 Å². The molecule has 0 spiro atoms. The Morgan fingerprint density at radius 3 is 1.01 bits per heavy atom. The zero-order valence-corrected chi connectivity index (χ0v) is 45.4. The molecule has 0 aromatic heterocycles. The first-order valence-corrected chi connectivity index (χ1v) is 30.5. The summed E-state index contributed by atoms with van der Waals surface area (Å²) in [4.78, 5) is 24.5. The van der Waals surface area contributed by atoms with Gasteiger partial charge in [0.15, 0.2) is 0 Å². The molecule has 0 saturated heterocycles. The van der Waals surface area contributed by atoms with Crippen LogP contribution in [0.3, 0.4) is 0 Å². The second-order valence-corrected chi connectivity index (χ2v) is 21.0. The number of aliphatic hydroxyl groups excluding tert-OH is 2. The van der Waals surface area contributed by atoms with E-state index in [0.717, 1.165) is 38.5 Å². The fourth-order valence-corrected chi connectivity index (χ4v) is 9.64. The molecule has 1 amide bonds. The van der Waals surface area contributed by atoms with E-state index in [1.807, 2.05) is 6.08 Å². The number of carbonyl (C=O) groups excluding carboxylic acids is 2. The van der Waals surface area contributed by atoms with E-state index in [-0.39, 0.29) is 18.5 Å². The summed E-state index contributed by atoms with van der Waals surface area (Å²) in [5.41, 5.74) is 0. The molecule has 0 bridgehead atoms. The molecule has 2 unspecified atom stereocenters. The van der Waals surface area contributed by atoms with Crippen LogP contribution in [0, 0.1) is 0 Å². The third-order valence-corrected chi connectivity index (χ3v) is 14.3. The summed E-state index contributed by atoms with van der Waals surface area (Å²) in [6.45, 7) is 4.93. The molecule has 0 aliphatic carbocycles. The van der Waals surface area contributed by atoms with Gasteiger partial charge in [-0.3, -0.25) is 9.59 Å². The maximum atomic E-state index is 12.5. The number of hydrogen-bond acceptors (Lipinski definition) is 5. The lowest BCUT2D eigenvalue weighted by Gasteiger charge is -2.20. The van der Waals surface area contributed by atoms with Crippen molar-refractivity contribution in [3.8, 4) is 0 Å². The largest absolute Gasteiger partial charge is 0.466 e. The van der Waals surface area contributed by atoms with Crippen molar-refractivity contribution in [3.63, 3.8) is 0 Å². The predicted molar refractivity (Wildman–Crippen MR) is 292 cm³/mol. The van der Waals surface area contributed by atoms with Gasteiger partial charge in [0.25, 0.3) is 0 Å². The smallest absolute Gasteiger partial charge is 0.305 e. The maximum absolute atomic E-state index is 12.5. The zero-order chi connectivity index (χ0) is 48.6. The maximum Gasteiger partial charge on any atom is 0.305 e. The molecule has 0 fully saturated rings. The topological polar surface area (TPSA) is 95.9 Å². The zero-order valence-electron chi connectivity index (χ0n) is 45.4. The number of hydrogen-bond donors (Lipinski definition) is 3. The highest BCUT2D eigenvalue weighted by Gasteiger charge is 2.18. The van der Waals surface area contributed by atoms with E-state index >= 15 is 0 Å². The lowest BCUT2D eigenvalue weighted by molar-refractivity contribution is -0.143. The van der Waals surface area contributed by atoms with Gasteiger partial charge in [-0.1, -0.05) is 309 Å². The van der Waals surface area contributed by atoms with Crippen LogP contribution >= 0.6 is 0 Å². The number of unbranched alkanes of at least 4 members (excludes halogenated alkanes) is 46. The molecule has 6 heteroatoms. The van der Waals surface area contributed by atoms with Crippen molar-refractivity contribution < 1.29 is 24.5 Å². The molecule has 2 atom stereocenters.